The number of hydrogen-bond donors (Lipinski definition) is 2. The zero-order chi connectivity index (χ0) is 15.0. The summed E-state index contributed by atoms with van der Waals surface area (Å²) in [6.45, 7) is 4.43. The first-order valence-electron chi connectivity index (χ1n) is 6.97. The molecule has 1 rings (SSSR count). The van der Waals surface area contributed by atoms with Crippen LogP contribution >= 0.6 is 0 Å². The molecule has 0 aliphatic heterocycles. The maximum absolute atomic E-state index is 11.7. The van der Waals surface area contributed by atoms with Crippen molar-refractivity contribution >= 4 is 11.9 Å². The lowest BCUT2D eigenvalue weighted by Crippen LogP contribution is -2.44. The Labute approximate surface area is 119 Å². The fraction of sp³-hybridized carbons (Fsp3) is 0.533. The molecule has 0 saturated heterocycles. The topological polar surface area (TPSA) is 70.3 Å². The van der Waals surface area contributed by atoms with Crippen molar-refractivity contribution < 1.29 is 19.3 Å². The second kappa shape index (κ2) is 8.30. The molecule has 2 N–H and O–H groups in total. The van der Waals surface area contributed by atoms with Gasteiger partial charge < -0.3 is 10.4 Å². The van der Waals surface area contributed by atoms with Gasteiger partial charge in [0.2, 0.25) is 5.91 Å². The summed E-state index contributed by atoms with van der Waals surface area (Å²) in [5, 5.41) is 11.6. The molecule has 5 heteroatoms. The number of rotatable bonds is 8. The van der Waals surface area contributed by atoms with E-state index in [9.17, 15) is 9.59 Å². The number of aryl methyl sites for hydroxylation is 1. The minimum Gasteiger partial charge on any atom is -0.480 e. The Kier molecular flexibility index (Phi) is 6.70. The number of pyridine rings is 1. The standard InChI is InChI=1S/C15H22N2O3/c1-12(2)14(15(19)20)16-13(18)8-4-7-11-17-9-5-3-6-10-17/h3,5-6,9-10,12,14H,4,7-8,11H2,1-2H3,(H-,16,18,19,20)/p+1. The van der Waals surface area contributed by atoms with Crippen LogP contribution < -0.4 is 9.88 Å². The average Bonchev–Trinajstić information content (AvgIpc) is 2.41. The number of nitrogens with one attached hydrogen (secondary N) is 1. The van der Waals surface area contributed by atoms with E-state index in [1.54, 1.807) is 13.8 Å². The van der Waals surface area contributed by atoms with Crippen molar-refractivity contribution in [2.24, 2.45) is 5.92 Å². The largest absolute Gasteiger partial charge is 0.480 e. The van der Waals surface area contributed by atoms with Crippen LogP contribution in [0, 0.1) is 5.92 Å². The van der Waals surface area contributed by atoms with Crippen LogP contribution in [0.15, 0.2) is 30.6 Å². The van der Waals surface area contributed by atoms with Crippen molar-refractivity contribution in [3.63, 3.8) is 0 Å². The maximum Gasteiger partial charge on any atom is 0.326 e. The summed E-state index contributed by atoms with van der Waals surface area (Å²) in [4.78, 5) is 22.7. The van der Waals surface area contributed by atoms with Crippen LogP contribution in [0.3, 0.4) is 0 Å². The van der Waals surface area contributed by atoms with Crippen LogP contribution in [-0.4, -0.2) is 23.0 Å². The molecule has 0 fully saturated rings. The van der Waals surface area contributed by atoms with Crippen molar-refractivity contribution in [3.05, 3.63) is 30.6 Å². The average molecular weight is 279 g/mol. The Bertz CT molecular complexity index is 432. The molecule has 0 aromatic carbocycles. The third-order valence-electron chi connectivity index (χ3n) is 3.10. The Hall–Kier alpha value is -1.91. The van der Waals surface area contributed by atoms with Gasteiger partial charge in [0.1, 0.15) is 12.6 Å². The van der Waals surface area contributed by atoms with Gasteiger partial charge in [0.25, 0.3) is 0 Å². The SMILES string of the molecule is CC(C)C(NC(=O)CCCC[n+]1ccccc1)C(=O)O. The molecule has 1 aromatic rings. The molecule has 1 atom stereocenters. The summed E-state index contributed by atoms with van der Waals surface area (Å²) in [6.07, 6.45) is 5.97. The first kappa shape index (κ1) is 16.1. The lowest BCUT2D eigenvalue weighted by atomic mass is 10.0. The van der Waals surface area contributed by atoms with E-state index in [0.717, 1.165) is 19.4 Å². The van der Waals surface area contributed by atoms with Crippen molar-refractivity contribution in [1.82, 2.24) is 5.32 Å². The van der Waals surface area contributed by atoms with Crippen molar-refractivity contribution in [2.75, 3.05) is 0 Å². The van der Waals surface area contributed by atoms with Crippen LogP contribution in [0.25, 0.3) is 0 Å². The molecule has 0 spiro atoms. The number of carbonyl (C=O) groups is 2. The highest BCUT2D eigenvalue weighted by molar-refractivity contribution is 5.83. The van der Waals surface area contributed by atoms with Gasteiger partial charge >= 0.3 is 5.97 Å². The van der Waals surface area contributed by atoms with E-state index < -0.39 is 12.0 Å². The summed E-state index contributed by atoms with van der Waals surface area (Å²) in [6, 6.07) is 5.09. The number of aliphatic carboxylic acids is 1. The summed E-state index contributed by atoms with van der Waals surface area (Å²) in [7, 11) is 0. The molecule has 0 bridgehead atoms. The number of unbranched alkanes of at least 4 members (excludes halogenated alkanes) is 1. The second-order valence-corrected chi connectivity index (χ2v) is 5.20. The molecule has 1 heterocycles. The van der Waals surface area contributed by atoms with Crippen molar-refractivity contribution in [3.8, 4) is 0 Å². The molecule has 0 aliphatic carbocycles. The van der Waals surface area contributed by atoms with Gasteiger partial charge in [-0.1, -0.05) is 19.9 Å². The quantitative estimate of drug-likeness (QED) is 0.558. The van der Waals surface area contributed by atoms with E-state index in [2.05, 4.69) is 9.88 Å². The predicted octanol–water partition coefficient (Wildman–Crippen LogP) is 1.37. The number of carboxylic acids is 1. The predicted molar refractivity (Wildman–Crippen MR) is 74.9 cm³/mol. The number of aromatic nitrogens is 1. The number of nitrogens with zero attached hydrogens (tertiary/aromatic N) is 1. The van der Waals surface area contributed by atoms with E-state index in [-0.39, 0.29) is 11.8 Å². The maximum atomic E-state index is 11.7. The fourth-order valence-corrected chi connectivity index (χ4v) is 1.92. The second-order valence-electron chi connectivity index (χ2n) is 5.20. The first-order chi connectivity index (χ1) is 9.50. The molecular formula is C15H23N2O3+. The number of carboxylic acid groups (broad SMARTS) is 1. The van der Waals surface area contributed by atoms with Gasteiger partial charge in [-0.05, 0) is 12.3 Å². The van der Waals surface area contributed by atoms with Crippen LogP contribution in [0.4, 0.5) is 0 Å². The molecule has 1 aromatic heterocycles. The minimum absolute atomic E-state index is 0.115. The van der Waals surface area contributed by atoms with Gasteiger partial charge in [0, 0.05) is 25.0 Å². The summed E-state index contributed by atoms with van der Waals surface area (Å²) in [5.74, 6) is -1.28. The molecule has 0 radical (unpaired) electrons. The highest BCUT2D eigenvalue weighted by atomic mass is 16.4. The summed E-state index contributed by atoms with van der Waals surface area (Å²) >= 11 is 0. The normalized spacial score (nSPS) is 12.2. The Morgan fingerprint density at radius 1 is 1.15 bits per heavy atom. The minimum atomic E-state index is -0.979. The fourth-order valence-electron chi connectivity index (χ4n) is 1.92. The molecule has 0 saturated carbocycles. The molecular weight excluding hydrogens is 256 g/mol. The summed E-state index contributed by atoms with van der Waals surface area (Å²) in [5.41, 5.74) is 0. The smallest absolute Gasteiger partial charge is 0.326 e. The highest BCUT2D eigenvalue weighted by Gasteiger charge is 2.22. The summed E-state index contributed by atoms with van der Waals surface area (Å²) < 4.78 is 2.06. The van der Waals surface area contributed by atoms with Gasteiger partial charge in [0.05, 0.1) is 0 Å². The Morgan fingerprint density at radius 3 is 2.35 bits per heavy atom. The van der Waals surface area contributed by atoms with Crippen molar-refractivity contribution in [1.29, 1.82) is 0 Å². The van der Waals surface area contributed by atoms with Gasteiger partial charge in [-0.15, -0.1) is 0 Å². The van der Waals surface area contributed by atoms with E-state index in [0.29, 0.717) is 6.42 Å². The van der Waals surface area contributed by atoms with Gasteiger partial charge in [0.15, 0.2) is 12.4 Å². The molecule has 0 aliphatic rings. The van der Waals surface area contributed by atoms with E-state index in [4.69, 9.17) is 5.11 Å². The van der Waals surface area contributed by atoms with Crippen LogP contribution in [0.5, 0.6) is 0 Å². The van der Waals surface area contributed by atoms with Gasteiger partial charge in [-0.3, -0.25) is 4.79 Å². The molecule has 1 amide bonds. The van der Waals surface area contributed by atoms with Crippen LogP contribution in [0.2, 0.25) is 0 Å². The lowest BCUT2D eigenvalue weighted by molar-refractivity contribution is -0.697. The van der Waals surface area contributed by atoms with Gasteiger partial charge in [-0.2, -0.15) is 0 Å². The third kappa shape index (κ3) is 5.82. The first-order valence-corrected chi connectivity index (χ1v) is 6.97. The Morgan fingerprint density at radius 2 is 1.80 bits per heavy atom. The van der Waals surface area contributed by atoms with Crippen LogP contribution in [-0.2, 0) is 16.1 Å². The van der Waals surface area contributed by atoms with Crippen LogP contribution in [0.1, 0.15) is 33.1 Å². The lowest BCUT2D eigenvalue weighted by Gasteiger charge is -2.17. The third-order valence-corrected chi connectivity index (χ3v) is 3.10. The van der Waals surface area contributed by atoms with Crippen molar-refractivity contribution in [2.45, 2.75) is 45.7 Å². The molecule has 20 heavy (non-hydrogen) atoms. The van der Waals surface area contributed by atoms with E-state index >= 15 is 0 Å². The highest BCUT2D eigenvalue weighted by Crippen LogP contribution is 2.03. The monoisotopic (exact) mass is 279 g/mol. The Balaban J connectivity index is 2.24. The number of hydrogen-bond acceptors (Lipinski definition) is 2. The zero-order valence-electron chi connectivity index (χ0n) is 12.1. The van der Waals surface area contributed by atoms with Gasteiger partial charge in [-0.25, -0.2) is 9.36 Å². The molecule has 1 unspecified atom stereocenters. The number of amides is 1. The number of carbonyl (C=O) groups excluding carboxylic acids is 1. The molecule has 5 nitrogen and oxygen atoms in total. The van der Waals surface area contributed by atoms with E-state index in [1.807, 2.05) is 30.6 Å². The molecule has 110 valence electrons. The van der Waals surface area contributed by atoms with E-state index in [1.165, 1.54) is 0 Å². The zero-order valence-corrected chi connectivity index (χ0v) is 12.1.